The highest BCUT2D eigenvalue weighted by Crippen LogP contribution is 2.10. The fraction of sp³-hybridized carbons (Fsp3) is 0.579. The Labute approximate surface area is 150 Å². The first kappa shape index (κ1) is 19.2. The van der Waals surface area contributed by atoms with Crippen molar-refractivity contribution in [3.63, 3.8) is 0 Å². The minimum Gasteiger partial charge on any atom is -0.381 e. The van der Waals surface area contributed by atoms with Crippen LogP contribution in [0.25, 0.3) is 11.0 Å². The smallest absolute Gasteiger partial charge is 0.190 e. The van der Waals surface area contributed by atoms with Gasteiger partial charge in [0.15, 0.2) is 5.96 Å². The summed E-state index contributed by atoms with van der Waals surface area (Å²) in [5.41, 5.74) is 2.13. The summed E-state index contributed by atoms with van der Waals surface area (Å²) in [6.45, 7) is 7.66. The molecule has 0 unspecified atom stereocenters. The van der Waals surface area contributed by atoms with Gasteiger partial charge < -0.3 is 20.4 Å². The average Bonchev–Trinajstić information content (AvgIpc) is 3.02. The van der Waals surface area contributed by atoms with E-state index in [1.54, 1.807) is 7.05 Å². The topological polar surface area (TPSA) is 74.3 Å². The summed E-state index contributed by atoms with van der Waals surface area (Å²) in [5, 5.41) is 6.65. The highest BCUT2D eigenvalue weighted by molar-refractivity contribution is 5.79. The quantitative estimate of drug-likeness (QED) is 0.352. The zero-order valence-electron chi connectivity index (χ0n) is 15.6. The van der Waals surface area contributed by atoms with Crippen LogP contribution in [-0.2, 0) is 11.2 Å². The van der Waals surface area contributed by atoms with Crippen molar-refractivity contribution in [3.8, 4) is 0 Å². The van der Waals surface area contributed by atoms with Crippen molar-refractivity contribution in [2.24, 2.45) is 10.9 Å². The molecule has 2 aromatic rings. The first-order chi connectivity index (χ1) is 12.2. The number of benzene rings is 1. The predicted molar refractivity (Wildman–Crippen MR) is 104 cm³/mol. The maximum atomic E-state index is 5.57. The Kier molecular flexibility index (Phi) is 8.25. The summed E-state index contributed by atoms with van der Waals surface area (Å²) in [7, 11) is 1.80. The summed E-state index contributed by atoms with van der Waals surface area (Å²) in [6, 6.07) is 8.12. The van der Waals surface area contributed by atoms with Crippen LogP contribution in [0, 0.1) is 5.92 Å². The van der Waals surface area contributed by atoms with Crippen LogP contribution in [0.2, 0.25) is 0 Å². The Balaban J connectivity index is 1.58. The maximum Gasteiger partial charge on any atom is 0.190 e. The first-order valence-corrected chi connectivity index (χ1v) is 9.15. The Bertz CT molecular complexity index is 617. The summed E-state index contributed by atoms with van der Waals surface area (Å²) < 4.78 is 5.57. The SMILES string of the molecule is CN=C(NCCCOCC(C)C)NCCCc1nc2ccccc2[nH]1. The van der Waals surface area contributed by atoms with Gasteiger partial charge in [-0.2, -0.15) is 0 Å². The second-order valence-electron chi connectivity index (χ2n) is 6.55. The molecule has 0 atom stereocenters. The van der Waals surface area contributed by atoms with Gasteiger partial charge in [-0.25, -0.2) is 4.98 Å². The van der Waals surface area contributed by atoms with Crippen LogP contribution in [0.4, 0.5) is 0 Å². The molecule has 1 aromatic carbocycles. The van der Waals surface area contributed by atoms with E-state index in [9.17, 15) is 0 Å². The third-order valence-corrected chi connectivity index (χ3v) is 3.75. The number of para-hydroxylation sites is 2. The first-order valence-electron chi connectivity index (χ1n) is 9.15. The fourth-order valence-corrected chi connectivity index (χ4v) is 2.51. The molecule has 0 spiro atoms. The van der Waals surface area contributed by atoms with E-state index in [2.05, 4.69) is 45.5 Å². The number of aromatic nitrogens is 2. The van der Waals surface area contributed by atoms with Crippen molar-refractivity contribution in [2.45, 2.75) is 33.1 Å². The Morgan fingerprint density at radius 1 is 1.20 bits per heavy atom. The molecule has 0 bridgehead atoms. The molecule has 138 valence electrons. The molecule has 1 aromatic heterocycles. The fourth-order valence-electron chi connectivity index (χ4n) is 2.51. The molecule has 0 radical (unpaired) electrons. The van der Waals surface area contributed by atoms with Crippen LogP contribution in [-0.4, -0.2) is 49.3 Å². The van der Waals surface area contributed by atoms with E-state index in [-0.39, 0.29) is 0 Å². The molecule has 0 fully saturated rings. The molecular formula is C19H31N5O. The van der Waals surface area contributed by atoms with Crippen molar-refractivity contribution in [1.29, 1.82) is 0 Å². The number of imidazole rings is 1. The number of hydrogen-bond acceptors (Lipinski definition) is 3. The second kappa shape index (κ2) is 10.7. The van der Waals surface area contributed by atoms with E-state index in [4.69, 9.17) is 4.74 Å². The van der Waals surface area contributed by atoms with Crippen LogP contribution >= 0.6 is 0 Å². The van der Waals surface area contributed by atoms with Crippen LogP contribution in [0.1, 0.15) is 32.5 Å². The summed E-state index contributed by atoms with van der Waals surface area (Å²) in [5.74, 6) is 2.47. The Morgan fingerprint density at radius 2 is 1.96 bits per heavy atom. The molecule has 0 amide bonds. The standard InChI is InChI=1S/C19H31N5O/c1-15(2)14-25-13-7-12-22-19(20-3)21-11-6-10-18-23-16-8-4-5-9-17(16)24-18/h4-5,8-9,15H,6-7,10-14H2,1-3H3,(H,23,24)(H2,20,21,22). The van der Waals surface area contributed by atoms with Crippen molar-refractivity contribution in [3.05, 3.63) is 30.1 Å². The van der Waals surface area contributed by atoms with E-state index in [0.29, 0.717) is 5.92 Å². The second-order valence-corrected chi connectivity index (χ2v) is 6.55. The molecule has 1 heterocycles. The van der Waals surface area contributed by atoms with Crippen LogP contribution in [0.15, 0.2) is 29.3 Å². The van der Waals surface area contributed by atoms with Gasteiger partial charge in [0.05, 0.1) is 11.0 Å². The lowest BCUT2D eigenvalue weighted by Gasteiger charge is -2.12. The van der Waals surface area contributed by atoms with Gasteiger partial charge in [-0.1, -0.05) is 26.0 Å². The van der Waals surface area contributed by atoms with Crippen LogP contribution < -0.4 is 10.6 Å². The number of aromatic amines is 1. The zero-order valence-corrected chi connectivity index (χ0v) is 15.6. The third-order valence-electron chi connectivity index (χ3n) is 3.75. The number of fused-ring (bicyclic) bond motifs is 1. The molecule has 25 heavy (non-hydrogen) atoms. The van der Waals surface area contributed by atoms with Crippen molar-refractivity contribution >= 4 is 17.0 Å². The monoisotopic (exact) mass is 345 g/mol. The maximum absolute atomic E-state index is 5.57. The number of aliphatic imine (C=N–C) groups is 1. The number of nitrogens with one attached hydrogen (secondary N) is 3. The van der Waals surface area contributed by atoms with Crippen molar-refractivity contribution in [1.82, 2.24) is 20.6 Å². The zero-order chi connectivity index (χ0) is 17.9. The molecule has 0 aliphatic heterocycles. The van der Waals surface area contributed by atoms with Crippen molar-refractivity contribution < 1.29 is 4.74 Å². The van der Waals surface area contributed by atoms with Crippen LogP contribution in [0.3, 0.4) is 0 Å². The third kappa shape index (κ3) is 7.13. The van der Waals surface area contributed by atoms with E-state index in [0.717, 1.165) is 68.4 Å². The van der Waals surface area contributed by atoms with Gasteiger partial charge in [-0.05, 0) is 30.9 Å². The molecule has 0 aliphatic rings. The van der Waals surface area contributed by atoms with Crippen LogP contribution in [0.5, 0.6) is 0 Å². The molecule has 0 aliphatic carbocycles. The summed E-state index contributed by atoms with van der Waals surface area (Å²) >= 11 is 0. The lowest BCUT2D eigenvalue weighted by Crippen LogP contribution is -2.38. The van der Waals surface area contributed by atoms with Gasteiger partial charge in [-0.3, -0.25) is 4.99 Å². The molecule has 3 N–H and O–H groups in total. The number of ether oxygens (including phenoxy) is 1. The van der Waals surface area contributed by atoms with E-state index < -0.39 is 0 Å². The number of nitrogens with zero attached hydrogens (tertiary/aromatic N) is 2. The summed E-state index contributed by atoms with van der Waals surface area (Å²) in [6.07, 6.45) is 2.89. The van der Waals surface area contributed by atoms with Gasteiger partial charge >= 0.3 is 0 Å². The van der Waals surface area contributed by atoms with E-state index in [1.807, 2.05) is 18.2 Å². The van der Waals surface area contributed by atoms with Crippen molar-refractivity contribution in [2.75, 3.05) is 33.4 Å². The highest BCUT2D eigenvalue weighted by Gasteiger charge is 2.02. The molecule has 6 nitrogen and oxygen atoms in total. The van der Waals surface area contributed by atoms with E-state index >= 15 is 0 Å². The minimum atomic E-state index is 0.592. The highest BCUT2D eigenvalue weighted by atomic mass is 16.5. The Hall–Kier alpha value is -2.08. The minimum absolute atomic E-state index is 0.592. The number of aryl methyl sites for hydroxylation is 1. The number of rotatable bonds is 10. The summed E-state index contributed by atoms with van der Waals surface area (Å²) in [4.78, 5) is 12.2. The molecule has 6 heteroatoms. The molecule has 2 rings (SSSR count). The average molecular weight is 345 g/mol. The van der Waals surface area contributed by atoms with Gasteiger partial charge in [0.2, 0.25) is 0 Å². The lowest BCUT2D eigenvalue weighted by atomic mass is 10.2. The Morgan fingerprint density at radius 3 is 2.68 bits per heavy atom. The number of H-pyrrole nitrogens is 1. The molecule has 0 saturated heterocycles. The number of guanidine groups is 1. The van der Waals surface area contributed by atoms with E-state index in [1.165, 1.54) is 0 Å². The number of hydrogen-bond donors (Lipinski definition) is 3. The predicted octanol–water partition coefficient (Wildman–Crippen LogP) is 2.72. The van der Waals surface area contributed by atoms with Gasteiger partial charge in [0.1, 0.15) is 5.82 Å². The van der Waals surface area contributed by atoms with Gasteiger partial charge in [0.25, 0.3) is 0 Å². The van der Waals surface area contributed by atoms with Gasteiger partial charge in [0, 0.05) is 39.8 Å². The molecular weight excluding hydrogens is 314 g/mol. The lowest BCUT2D eigenvalue weighted by molar-refractivity contribution is 0.108. The van der Waals surface area contributed by atoms with Gasteiger partial charge in [-0.15, -0.1) is 0 Å². The molecule has 0 saturated carbocycles. The largest absolute Gasteiger partial charge is 0.381 e. The normalized spacial score (nSPS) is 12.1.